The van der Waals surface area contributed by atoms with Gasteiger partial charge in [0.25, 0.3) is 0 Å². The van der Waals surface area contributed by atoms with Gasteiger partial charge in [0.15, 0.2) is 0 Å². The van der Waals surface area contributed by atoms with Gasteiger partial charge < -0.3 is 14.3 Å². The molecule has 4 nitrogen and oxygen atoms in total. The van der Waals surface area contributed by atoms with E-state index in [-0.39, 0.29) is 6.04 Å². The van der Waals surface area contributed by atoms with Crippen molar-refractivity contribution in [2.24, 2.45) is 0 Å². The summed E-state index contributed by atoms with van der Waals surface area (Å²) in [6.45, 7) is 3.00. The summed E-state index contributed by atoms with van der Waals surface area (Å²) in [6.07, 6.45) is 7.68. The van der Waals surface area contributed by atoms with Crippen LogP contribution in [0.25, 0.3) is 10.9 Å². The molecule has 1 N–H and O–H groups in total. The zero-order chi connectivity index (χ0) is 19.7. The first-order valence-corrected chi connectivity index (χ1v) is 11.5. The molecule has 2 unspecified atom stereocenters. The van der Waals surface area contributed by atoms with Crippen molar-refractivity contribution in [2.45, 2.75) is 38.6 Å². The average Bonchev–Trinajstić information content (AvgIpc) is 3.13. The largest absolute Gasteiger partial charge is 0.598 e. The van der Waals surface area contributed by atoms with E-state index in [2.05, 4.69) is 58.8 Å². The number of aryl methyl sites for hydroxylation is 2. The number of hydrogen-bond acceptors (Lipinski definition) is 3. The molecule has 1 aliphatic rings. The molecule has 3 aromatic rings. The van der Waals surface area contributed by atoms with Gasteiger partial charge in [-0.15, -0.1) is 4.31 Å². The minimum atomic E-state index is -0.996. The fourth-order valence-electron chi connectivity index (χ4n) is 4.46. The van der Waals surface area contributed by atoms with Crippen LogP contribution in [0.2, 0.25) is 0 Å². The number of fused-ring (bicyclic) bond motifs is 2. The monoisotopic (exact) mass is 396 g/mol. The zero-order valence-corrected chi connectivity index (χ0v) is 17.6. The number of aromatic amines is 1. The number of benzene rings is 2. The van der Waals surface area contributed by atoms with Crippen LogP contribution in [0.4, 0.5) is 0 Å². The topological polar surface area (TPSA) is 51.3 Å². The molecule has 4 rings (SSSR count). The number of aromatic nitrogens is 1. The zero-order valence-electron chi connectivity index (χ0n) is 16.8. The highest BCUT2D eigenvalue weighted by atomic mass is 32.2. The molecule has 1 aromatic heterocycles. The third kappa shape index (κ3) is 3.54. The van der Waals surface area contributed by atoms with Gasteiger partial charge in [-0.1, -0.05) is 31.2 Å². The molecular formula is C23H28N2O2S. The van der Waals surface area contributed by atoms with E-state index < -0.39 is 11.4 Å². The first-order valence-electron chi connectivity index (χ1n) is 9.97. The van der Waals surface area contributed by atoms with Gasteiger partial charge >= 0.3 is 0 Å². The van der Waals surface area contributed by atoms with Crippen molar-refractivity contribution < 1.29 is 9.29 Å². The summed E-state index contributed by atoms with van der Waals surface area (Å²) in [5, 5.41) is 1.28. The maximum absolute atomic E-state index is 12.5. The number of nitrogens with one attached hydrogen (secondary N) is 1. The smallest absolute Gasteiger partial charge is 0.122 e. The Hall–Kier alpha value is -1.95. The molecule has 0 saturated carbocycles. The van der Waals surface area contributed by atoms with Gasteiger partial charge in [-0.3, -0.25) is 0 Å². The summed E-state index contributed by atoms with van der Waals surface area (Å²) < 4.78 is 20.3. The third-order valence-electron chi connectivity index (χ3n) is 5.92. The molecule has 0 amide bonds. The second-order valence-electron chi connectivity index (χ2n) is 7.44. The van der Waals surface area contributed by atoms with E-state index in [1.54, 1.807) is 13.4 Å². The van der Waals surface area contributed by atoms with Crippen LogP contribution in [0.3, 0.4) is 0 Å². The quantitative estimate of drug-likeness (QED) is 0.621. The standard InChI is InChI=1S/C23H28N2O2S/c1-4-16-13-17-11-12-25(28(3)26)22(20(17)14-23(16)27-2)10-9-18-15-24-21-8-6-5-7-19(18)21/h5-8,13-15,22,24H,4,9-12H2,1-3H3. The van der Waals surface area contributed by atoms with Gasteiger partial charge in [-0.05, 0) is 60.1 Å². The highest BCUT2D eigenvalue weighted by molar-refractivity contribution is 7.88. The van der Waals surface area contributed by atoms with Gasteiger partial charge in [0, 0.05) is 35.0 Å². The molecule has 5 heteroatoms. The molecule has 0 bridgehead atoms. The first-order chi connectivity index (χ1) is 13.6. The van der Waals surface area contributed by atoms with Crippen LogP contribution in [-0.2, 0) is 30.6 Å². The van der Waals surface area contributed by atoms with E-state index in [1.807, 2.05) is 0 Å². The Morgan fingerprint density at radius 1 is 1.25 bits per heavy atom. The normalized spacial score (nSPS) is 18.2. The summed E-state index contributed by atoms with van der Waals surface area (Å²) in [5.74, 6) is 0.946. The van der Waals surface area contributed by atoms with E-state index in [9.17, 15) is 4.55 Å². The number of para-hydroxylation sites is 1. The fourth-order valence-corrected chi connectivity index (χ4v) is 5.39. The first kappa shape index (κ1) is 19.4. The van der Waals surface area contributed by atoms with Gasteiger partial charge in [0.05, 0.1) is 13.2 Å². The van der Waals surface area contributed by atoms with Crippen molar-refractivity contribution in [3.63, 3.8) is 0 Å². The molecule has 0 radical (unpaired) electrons. The highest BCUT2D eigenvalue weighted by Gasteiger charge is 2.34. The SMILES string of the molecule is CCc1cc2c(cc1OC)C(CCc1c[nH]c3ccccc13)N([S+](C)[O-])CC2. The van der Waals surface area contributed by atoms with Crippen LogP contribution in [0.5, 0.6) is 5.75 Å². The molecular weight excluding hydrogens is 368 g/mol. The maximum Gasteiger partial charge on any atom is 0.122 e. The third-order valence-corrected chi connectivity index (χ3v) is 7.02. The minimum Gasteiger partial charge on any atom is -0.598 e. The van der Waals surface area contributed by atoms with Crippen molar-refractivity contribution in [3.05, 3.63) is 64.8 Å². The van der Waals surface area contributed by atoms with Gasteiger partial charge in [0.2, 0.25) is 0 Å². The van der Waals surface area contributed by atoms with Crippen LogP contribution >= 0.6 is 0 Å². The molecule has 2 heterocycles. The maximum atomic E-state index is 12.5. The summed E-state index contributed by atoms with van der Waals surface area (Å²) in [6, 6.07) is 13.0. The van der Waals surface area contributed by atoms with E-state index in [1.165, 1.54) is 33.2 Å². The predicted molar refractivity (Wildman–Crippen MR) is 116 cm³/mol. The van der Waals surface area contributed by atoms with E-state index in [4.69, 9.17) is 4.74 Å². The summed E-state index contributed by atoms with van der Waals surface area (Å²) in [7, 11) is 1.74. The Bertz CT molecular complexity index is 966. The number of nitrogens with zero attached hydrogens (tertiary/aromatic N) is 1. The van der Waals surface area contributed by atoms with Crippen molar-refractivity contribution in [1.82, 2.24) is 9.29 Å². The van der Waals surface area contributed by atoms with Gasteiger partial charge in [-0.2, -0.15) is 0 Å². The van der Waals surface area contributed by atoms with Crippen LogP contribution < -0.4 is 4.74 Å². The molecule has 0 aliphatic carbocycles. The van der Waals surface area contributed by atoms with Gasteiger partial charge in [-0.25, -0.2) is 0 Å². The second-order valence-corrected chi connectivity index (χ2v) is 8.76. The van der Waals surface area contributed by atoms with Crippen molar-refractivity contribution in [1.29, 1.82) is 0 Å². The van der Waals surface area contributed by atoms with E-state index in [0.717, 1.165) is 38.0 Å². The lowest BCUT2D eigenvalue weighted by molar-refractivity contribution is 0.294. The lowest BCUT2D eigenvalue weighted by Crippen LogP contribution is -2.39. The number of rotatable bonds is 6. The number of methoxy groups -OCH3 is 1. The summed E-state index contributed by atoms with van der Waals surface area (Å²) >= 11 is -0.996. The molecule has 2 atom stereocenters. The molecule has 0 saturated heterocycles. The van der Waals surface area contributed by atoms with Crippen molar-refractivity contribution in [2.75, 3.05) is 19.9 Å². The molecule has 1 aliphatic heterocycles. The lowest BCUT2D eigenvalue weighted by atomic mass is 9.88. The van der Waals surface area contributed by atoms with Crippen LogP contribution in [0.1, 0.15) is 41.6 Å². The molecule has 0 spiro atoms. The van der Waals surface area contributed by atoms with Crippen LogP contribution in [0, 0.1) is 0 Å². The summed E-state index contributed by atoms with van der Waals surface area (Å²) in [5.41, 5.74) is 6.40. The number of ether oxygens (including phenoxy) is 1. The Labute approximate surface area is 170 Å². The van der Waals surface area contributed by atoms with Crippen LogP contribution in [-0.4, -0.2) is 33.8 Å². The second kappa shape index (κ2) is 8.19. The molecule has 2 aromatic carbocycles. The highest BCUT2D eigenvalue weighted by Crippen LogP contribution is 2.39. The van der Waals surface area contributed by atoms with Crippen LogP contribution in [0.15, 0.2) is 42.6 Å². The fraction of sp³-hybridized carbons (Fsp3) is 0.391. The Kier molecular flexibility index (Phi) is 5.67. The predicted octanol–water partition coefficient (Wildman–Crippen LogP) is 4.56. The van der Waals surface area contributed by atoms with E-state index >= 15 is 0 Å². The average molecular weight is 397 g/mol. The van der Waals surface area contributed by atoms with Crippen molar-refractivity contribution >= 4 is 22.3 Å². The Morgan fingerprint density at radius 3 is 2.82 bits per heavy atom. The number of H-pyrrole nitrogens is 1. The summed E-state index contributed by atoms with van der Waals surface area (Å²) in [4.78, 5) is 3.37. The molecule has 28 heavy (non-hydrogen) atoms. The molecule has 0 fully saturated rings. The minimum absolute atomic E-state index is 0.142. The van der Waals surface area contributed by atoms with Crippen molar-refractivity contribution in [3.8, 4) is 5.75 Å². The van der Waals surface area contributed by atoms with E-state index in [0.29, 0.717) is 0 Å². The lowest BCUT2D eigenvalue weighted by Gasteiger charge is -2.36. The number of hydrogen-bond donors (Lipinski definition) is 1. The molecule has 148 valence electrons. The Morgan fingerprint density at radius 2 is 2.07 bits per heavy atom. The Balaban J connectivity index is 1.67. The van der Waals surface area contributed by atoms with Gasteiger partial charge in [0.1, 0.15) is 12.0 Å².